The number of hydrogen-bond acceptors (Lipinski definition) is 23. The average Bonchev–Trinajstić information content (AvgIpc) is 1.60. The molecular formula is C94H57Br8CuKO8S16. The summed E-state index contributed by atoms with van der Waals surface area (Å²) in [4.78, 5) is 47.2. The van der Waals surface area contributed by atoms with Crippen LogP contribution in [0.25, 0.3) is 157 Å². The van der Waals surface area contributed by atoms with Crippen molar-refractivity contribution in [2.45, 2.75) is 13.8 Å². The number of carbonyl (C=O) groups is 4. The number of hydrogen-bond donors (Lipinski definition) is 1. The minimum absolute atomic E-state index is 0. The van der Waals surface area contributed by atoms with Gasteiger partial charge in [-0.1, -0.05) is 164 Å². The monoisotopic (exact) mass is 2560 g/mol. The van der Waals surface area contributed by atoms with E-state index < -0.39 is 5.97 Å². The predicted molar refractivity (Wildman–Crippen MR) is 594 cm³/mol. The molecule has 0 unspecified atom stereocenters. The van der Waals surface area contributed by atoms with E-state index in [9.17, 15) is 19.2 Å². The fourth-order valence-electron chi connectivity index (χ4n) is 13.1. The maximum atomic E-state index is 11.6. The minimum atomic E-state index is -0.840. The van der Waals surface area contributed by atoms with E-state index in [0.29, 0.717) is 27.8 Å². The third kappa shape index (κ3) is 23.1. The Morgan fingerprint density at radius 2 is 0.594 bits per heavy atom. The van der Waals surface area contributed by atoms with Crippen LogP contribution < -0.4 is 51.4 Å². The largest absolute Gasteiger partial charge is 1.00 e. The van der Waals surface area contributed by atoms with Gasteiger partial charge < -0.3 is 20.1 Å². The van der Waals surface area contributed by atoms with Crippen molar-refractivity contribution in [3.05, 3.63) is 310 Å². The van der Waals surface area contributed by atoms with E-state index in [1.54, 1.807) is 62.8 Å². The number of carboxylic acids is 1. The van der Waals surface area contributed by atoms with Gasteiger partial charge in [0.15, 0.2) is 6.29 Å². The second-order valence-corrected chi connectivity index (χ2v) is 49.4. The molecule has 9 aromatic carbocycles. The molecule has 128 heavy (non-hydrogen) atoms. The first-order valence-electron chi connectivity index (χ1n) is 37.4. The maximum absolute atomic E-state index is 11.6. The first-order chi connectivity index (χ1) is 61.0. The standard InChI is InChI=1S/2C13H10O2S2.C11H6O2S2.C10H4Br2S2.C10H5BrS2.2C10H6S2.C9H5BrOS.C8H4Br2S.Br2.Cu.K.H2O/c2*1-2-15-13(14)11-7-10-12(17-11)8-5-3-4-6-9(8)16-10;12-11(13)9-5-8-10(15-9)6-3-1-2-4-7(6)14-8;11-7-9-8(14-10(7)12)5-3-1-2-4-6(5)13-9;11-9-5-8-10(13-9)6-3-1-2-4-7(6)12-8;2*1-2-4-8-7(3-1)10-9(12-8)5-6-11-10;10-9-6-3-1-2-4-7(6)12-8(9)5-11;9-7-5-3-1-2-4-6(5)11-8(7)10;1-2;;;/h2*3-7H,2H2,1H3;1-5H,(H,12,13);1-4H;1-5H;2*1-6H;1-5H;1-4H;;;;1H2/q;;;;;;;;;;;+1;/p-1. The smallest absolute Gasteiger partial charge is 0.870 e. The zero-order chi connectivity index (χ0) is 86.9. The summed E-state index contributed by atoms with van der Waals surface area (Å²) in [6, 6.07) is 87.4. The minimum Gasteiger partial charge on any atom is -0.870 e. The number of carboxylic acid groups (broad SMARTS) is 1. The summed E-state index contributed by atoms with van der Waals surface area (Å²) >= 11 is 54.0. The summed E-state index contributed by atoms with van der Waals surface area (Å²) < 4.78 is 46.7. The molecule has 0 fully saturated rings. The van der Waals surface area contributed by atoms with Crippen LogP contribution in [0.2, 0.25) is 0 Å². The number of aldehydes is 1. The molecule has 25 aromatic rings. The van der Waals surface area contributed by atoms with Crippen molar-refractivity contribution < 1.29 is 108 Å². The van der Waals surface area contributed by atoms with Gasteiger partial charge in [-0.15, -0.1) is 181 Å². The van der Waals surface area contributed by atoms with Crippen molar-refractivity contribution in [1.29, 1.82) is 0 Å². The van der Waals surface area contributed by atoms with Crippen LogP contribution in [0.1, 0.15) is 52.5 Å². The third-order valence-electron chi connectivity index (χ3n) is 18.6. The molecule has 0 spiro atoms. The number of benzene rings is 9. The van der Waals surface area contributed by atoms with E-state index in [0.717, 1.165) is 45.0 Å². The van der Waals surface area contributed by atoms with E-state index in [4.69, 9.17) is 14.6 Å². The van der Waals surface area contributed by atoms with Gasteiger partial charge in [0, 0.05) is 169 Å². The summed E-state index contributed by atoms with van der Waals surface area (Å²) in [5.41, 5.74) is 0. The number of esters is 2. The molecule has 0 amide bonds. The summed E-state index contributed by atoms with van der Waals surface area (Å²) in [7, 11) is 0. The SMILES string of the molecule is BrBr.Brc1cc2sc3ccccc3c2s1.Brc1sc2c(sc3ccccc32)c1Br.Brc1sc2ccccc2c1Br.CCOC(=O)c1cc2sc3ccccc3c2s1.CCOC(=O)c1cc2sc3ccccc3c2s1.O=C(O)c1cc2sc3ccccc3c2s1.O=Cc1sc2ccccc2c1Br.[Cu].[K+].[OH-].c1ccc2c(c1)sc1ccsc12.c1ccc2c(c1)sc1ccsc12. The van der Waals surface area contributed by atoms with Crippen LogP contribution in [0, 0.1) is 0 Å². The Morgan fingerprint density at radius 3 is 0.953 bits per heavy atom. The van der Waals surface area contributed by atoms with E-state index in [2.05, 4.69) is 298 Å². The number of thiophene rings is 16. The molecule has 8 nitrogen and oxygen atoms in total. The quantitative estimate of drug-likeness (QED) is 0.0987. The molecule has 2 N–H and O–H groups in total. The third-order valence-corrected chi connectivity index (χ3v) is 43.8. The zero-order valence-corrected chi connectivity index (χ0v) is 95.9. The molecule has 16 aromatic heterocycles. The second kappa shape index (κ2) is 47.9. The molecule has 0 bridgehead atoms. The van der Waals surface area contributed by atoms with Crippen LogP contribution in [-0.2, 0) is 26.5 Å². The molecule has 34 heteroatoms. The van der Waals surface area contributed by atoms with Gasteiger partial charge in [0.25, 0.3) is 0 Å². The topological polar surface area (TPSA) is 137 Å². The van der Waals surface area contributed by atoms with Crippen LogP contribution in [0.5, 0.6) is 0 Å². The maximum Gasteiger partial charge on any atom is 1.00 e. The number of aromatic carboxylic acids is 1. The molecule has 1 radical (unpaired) electrons. The summed E-state index contributed by atoms with van der Waals surface area (Å²) in [5.74, 6) is -1.28. The molecule has 0 saturated heterocycles. The van der Waals surface area contributed by atoms with Crippen LogP contribution >= 0.6 is 305 Å². The van der Waals surface area contributed by atoms with Gasteiger partial charge in [-0.2, -0.15) is 0 Å². The van der Waals surface area contributed by atoms with E-state index in [1.165, 1.54) is 193 Å². The molecule has 25 rings (SSSR count). The molecule has 645 valence electrons. The molecule has 0 aliphatic carbocycles. The van der Waals surface area contributed by atoms with Crippen molar-refractivity contribution in [1.82, 2.24) is 0 Å². The molecule has 0 saturated carbocycles. The molecule has 16 heterocycles. The number of ether oxygens (including phenoxy) is 2. The van der Waals surface area contributed by atoms with Crippen molar-refractivity contribution in [3.63, 3.8) is 0 Å². The fourth-order valence-corrected chi connectivity index (χ4v) is 35.9. The Kier molecular flexibility index (Phi) is 38.1. The van der Waals surface area contributed by atoms with Crippen molar-refractivity contribution in [2.75, 3.05) is 13.2 Å². The predicted octanol–water partition coefficient (Wildman–Crippen LogP) is 37.6. The van der Waals surface area contributed by atoms with E-state index in [1.807, 2.05) is 178 Å². The van der Waals surface area contributed by atoms with Crippen LogP contribution in [-0.4, -0.2) is 48.0 Å². The number of halogens is 8. The molecule has 0 aliphatic heterocycles. The Bertz CT molecular complexity index is 7940. The summed E-state index contributed by atoms with van der Waals surface area (Å²) in [5, 5.41) is 24.8. The average molecular weight is 2570 g/mol. The fraction of sp³-hybridized carbons (Fsp3) is 0.0426. The van der Waals surface area contributed by atoms with Crippen LogP contribution in [0.4, 0.5) is 0 Å². The Balaban J connectivity index is 0.000000123. The van der Waals surface area contributed by atoms with E-state index in [-0.39, 0.29) is 85.9 Å². The van der Waals surface area contributed by atoms with Crippen LogP contribution in [0.15, 0.2) is 290 Å². The van der Waals surface area contributed by atoms with Crippen molar-refractivity contribution >= 4 is 486 Å². The van der Waals surface area contributed by atoms with Crippen LogP contribution in [0.3, 0.4) is 0 Å². The number of fused-ring (bicyclic) bond motifs is 23. The Morgan fingerprint density at radius 1 is 0.305 bits per heavy atom. The van der Waals surface area contributed by atoms with Gasteiger partial charge in [0.1, 0.15) is 14.6 Å². The van der Waals surface area contributed by atoms with Gasteiger partial charge in [-0.05, 0) is 211 Å². The van der Waals surface area contributed by atoms with Gasteiger partial charge in [0.05, 0.1) is 76.0 Å². The summed E-state index contributed by atoms with van der Waals surface area (Å²) in [6.07, 6.45) is 0.884. The van der Waals surface area contributed by atoms with Gasteiger partial charge in [0.2, 0.25) is 0 Å². The molecule has 0 atom stereocenters. The summed E-state index contributed by atoms with van der Waals surface area (Å²) in [6.45, 7) is 4.49. The van der Waals surface area contributed by atoms with Gasteiger partial charge in [-0.3, -0.25) is 4.79 Å². The van der Waals surface area contributed by atoms with E-state index >= 15 is 0 Å². The normalized spacial score (nSPS) is 10.8. The van der Waals surface area contributed by atoms with Crippen molar-refractivity contribution in [3.8, 4) is 0 Å². The second-order valence-electron chi connectivity index (χ2n) is 26.2. The van der Waals surface area contributed by atoms with Gasteiger partial charge in [-0.25, -0.2) is 14.4 Å². The Labute approximate surface area is 915 Å². The number of rotatable bonds is 6. The molecular weight excluding hydrogens is 2510 g/mol. The first-order valence-corrected chi connectivity index (χ1v) is 59.0. The van der Waals surface area contributed by atoms with Gasteiger partial charge >= 0.3 is 69.3 Å². The Hall–Kier alpha value is -3.62. The first kappa shape index (κ1) is 102. The zero-order valence-electron chi connectivity index (χ0n) is 66.1. The molecule has 0 aliphatic rings. The number of carbonyl (C=O) groups excluding carboxylic acids is 3. The van der Waals surface area contributed by atoms with Crippen molar-refractivity contribution in [2.24, 2.45) is 0 Å².